The van der Waals surface area contributed by atoms with Gasteiger partial charge in [-0.25, -0.2) is 0 Å². The van der Waals surface area contributed by atoms with E-state index in [2.05, 4.69) is 12.7 Å². The van der Waals surface area contributed by atoms with Crippen LogP contribution in [-0.4, -0.2) is 38.9 Å². The molecule has 3 N–H and O–H groups in total. The van der Waals surface area contributed by atoms with E-state index in [0.29, 0.717) is 19.3 Å². The van der Waals surface area contributed by atoms with Gasteiger partial charge in [-0.05, 0) is 57.3 Å². The van der Waals surface area contributed by atoms with Gasteiger partial charge in [0.15, 0.2) is 0 Å². The molecule has 0 amide bonds. The van der Waals surface area contributed by atoms with Gasteiger partial charge in [-0.2, -0.15) is 0 Å². The normalized spacial score (nSPS) is 30.5. The number of rotatable bonds is 12. The van der Waals surface area contributed by atoms with Gasteiger partial charge in [-0.1, -0.05) is 36.8 Å². The highest BCUT2D eigenvalue weighted by atomic mass is 35.5. The van der Waals surface area contributed by atoms with Crippen LogP contribution in [0.5, 0.6) is 0 Å². The Bertz CT molecular complexity index is 567. The largest absolute Gasteiger partial charge is 0.481 e. The van der Waals surface area contributed by atoms with Crippen molar-refractivity contribution in [2.75, 3.05) is 0 Å². The van der Waals surface area contributed by atoms with Crippen molar-refractivity contribution in [1.29, 1.82) is 0 Å². The Morgan fingerprint density at radius 2 is 2.04 bits per heavy atom. The van der Waals surface area contributed by atoms with E-state index in [-0.39, 0.29) is 35.2 Å². The molecule has 2 aliphatic carbocycles. The van der Waals surface area contributed by atoms with Gasteiger partial charge in [0.2, 0.25) is 0 Å². The number of hydrogen-bond donors (Lipinski definition) is 3. The Morgan fingerprint density at radius 1 is 1.29 bits per heavy atom. The van der Waals surface area contributed by atoms with Crippen molar-refractivity contribution < 1.29 is 20.1 Å². The van der Waals surface area contributed by atoms with Crippen molar-refractivity contribution >= 4 is 17.6 Å². The van der Waals surface area contributed by atoms with E-state index in [1.165, 1.54) is 6.42 Å². The summed E-state index contributed by atoms with van der Waals surface area (Å²) < 4.78 is 0. The zero-order valence-corrected chi connectivity index (χ0v) is 17.4. The molecule has 0 bridgehead atoms. The van der Waals surface area contributed by atoms with Crippen LogP contribution in [0.3, 0.4) is 0 Å². The van der Waals surface area contributed by atoms with E-state index in [4.69, 9.17) is 16.7 Å². The Hall–Kier alpha value is -1.10. The zero-order chi connectivity index (χ0) is 20.6. The number of carbonyl (C=O) groups is 1. The lowest BCUT2D eigenvalue weighted by molar-refractivity contribution is -0.137. The second kappa shape index (κ2) is 11.2. The molecule has 0 aliphatic heterocycles. The molecule has 0 heterocycles. The fourth-order valence-corrected chi connectivity index (χ4v) is 5.07. The highest BCUT2D eigenvalue weighted by molar-refractivity contribution is 6.21. The van der Waals surface area contributed by atoms with Crippen LogP contribution in [-0.2, 0) is 4.79 Å². The van der Waals surface area contributed by atoms with Crippen molar-refractivity contribution in [3.63, 3.8) is 0 Å². The minimum Gasteiger partial charge on any atom is -0.481 e. The van der Waals surface area contributed by atoms with Crippen LogP contribution in [0.25, 0.3) is 0 Å². The fraction of sp³-hybridized carbons (Fsp3) is 0.696. The first-order valence-electron chi connectivity index (χ1n) is 10.5. The molecule has 28 heavy (non-hydrogen) atoms. The minimum absolute atomic E-state index is 0.00452. The summed E-state index contributed by atoms with van der Waals surface area (Å²) in [4.78, 5) is 10.5. The van der Waals surface area contributed by atoms with Crippen LogP contribution in [0, 0.1) is 17.3 Å². The van der Waals surface area contributed by atoms with Gasteiger partial charge in [-0.15, -0.1) is 18.2 Å². The molecular weight excluding hydrogens is 376 g/mol. The molecule has 5 heteroatoms. The maximum Gasteiger partial charge on any atom is 0.303 e. The average Bonchev–Trinajstić information content (AvgIpc) is 2.87. The maximum absolute atomic E-state index is 10.6. The van der Waals surface area contributed by atoms with Gasteiger partial charge < -0.3 is 15.3 Å². The Kier molecular flexibility index (Phi) is 9.26. The van der Waals surface area contributed by atoms with Gasteiger partial charge >= 0.3 is 5.97 Å². The number of carboxylic acids is 1. The third-order valence-corrected chi connectivity index (χ3v) is 7.03. The van der Waals surface area contributed by atoms with Crippen molar-refractivity contribution in [2.45, 2.75) is 81.8 Å². The summed E-state index contributed by atoms with van der Waals surface area (Å²) in [6.45, 7) is 3.82. The number of unbranched alkanes of at least 4 members (excludes halogenated alkanes) is 1. The van der Waals surface area contributed by atoms with E-state index in [0.717, 1.165) is 32.1 Å². The molecule has 0 aromatic heterocycles. The highest BCUT2D eigenvalue weighted by Gasteiger charge is 2.42. The van der Waals surface area contributed by atoms with Crippen molar-refractivity contribution in [2.24, 2.45) is 17.3 Å². The lowest BCUT2D eigenvalue weighted by Gasteiger charge is -2.45. The lowest BCUT2D eigenvalue weighted by atomic mass is 9.62. The second-order valence-corrected chi connectivity index (χ2v) is 9.00. The summed E-state index contributed by atoms with van der Waals surface area (Å²) >= 11 is 6.47. The SMILES string of the molecule is C=CCC1(C(O)CC=C[C@@H]2[C@@H](C/C=C\CCCC(=O)O)[C@H](Cl)C[C@H]2O)CCC1. The molecule has 0 aromatic carbocycles. The van der Waals surface area contributed by atoms with Crippen molar-refractivity contribution in [3.8, 4) is 0 Å². The minimum atomic E-state index is -0.766. The molecule has 2 saturated carbocycles. The predicted octanol–water partition coefficient (Wildman–Crippen LogP) is 4.85. The first kappa shape index (κ1) is 23.2. The number of aliphatic hydroxyl groups is 2. The molecule has 2 aliphatic rings. The molecule has 0 aromatic rings. The quantitative estimate of drug-likeness (QED) is 0.244. The third-order valence-electron chi connectivity index (χ3n) is 6.53. The summed E-state index contributed by atoms with van der Waals surface area (Å²) in [5, 5.41) is 29.6. The van der Waals surface area contributed by atoms with Gasteiger partial charge in [0.05, 0.1) is 12.2 Å². The zero-order valence-electron chi connectivity index (χ0n) is 16.7. The van der Waals surface area contributed by atoms with Gasteiger partial charge in [0.1, 0.15) is 0 Å². The molecule has 5 atom stereocenters. The molecular formula is C23H35ClO4. The van der Waals surface area contributed by atoms with Crippen LogP contribution >= 0.6 is 11.6 Å². The molecule has 0 saturated heterocycles. The first-order valence-corrected chi connectivity index (χ1v) is 11.0. The van der Waals surface area contributed by atoms with Crippen LogP contribution < -0.4 is 0 Å². The van der Waals surface area contributed by atoms with Crippen LogP contribution in [0.1, 0.15) is 64.2 Å². The van der Waals surface area contributed by atoms with E-state index in [1.54, 1.807) is 0 Å². The smallest absolute Gasteiger partial charge is 0.303 e. The molecule has 0 radical (unpaired) electrons. The topological polar surface area (TPSA) is 77.8 Å². The summed E-state index contributed by atoms with van der Waals surface area (Å²) in [5.74, 6) is -0.612. The number of aliphatic hydroxyl groups excluding tert-OH is 2. The van der Waals surface area contributed by atoms with E-state index >= 15 is 0 Å². The number of alkyl halides is 1. The molecule has 0 spiro atoms. The van der Waals surface area contributed by atoms with Gasteiger partial charge in [-0.3, -0.25) is 4.79 Å². The molecule has 1 unspecified atom stereocenters. The molecule has 4 nitrogen and oxygen atoms in total. The lowest BCUT2D eigenvalue weighted by Crippen LogP contribution is -2.40. The first-order chi connectivity index (χ1) is 13.4. The Balaban J connectivity index is 1.85. The standard InChI is InChI=1S/C23H35ClO4/c1-2-13-23(14-8-15-23)21(26)11-7-10-18-17(19(24)16-20(18)25)9-5-3-4-6-12-22(27)28/h2-3,5,7,10,17-21,25-26H,1,4,6,8-9,11-16H2,(H,27,28)/b5-3-,10-7?/t17-,18-,19-,20-,21?/m1/s1. The molecule has 2 fully saturated rings. The Labute approximate surface area is 174 Å². The number of aliphatic carboxylic acids is 1. The summed E-state index contributed by atoms with van der Waals surface area (Å²) in [6.07, 6.45) is 16.9. The number of carboxylic acid groups (broad SMARTS) is 1. The average molecular weight is 411 g/mol. The summed E-state index contributed by atoms with van der Waals surface area (Å²) in [6, 6.07) is 0. The van der Waals surface area contributed by atoms with E-state index < -0.39 is 12.1 Å². The van der Waals surface area contributed by atoms with E-state index in [1.807, 2.05) is 24.3 Å². The van der Waals surface area contributed by atoms with Crippen LogP contribution in [0.15, 0.2) is 37.0 Å². The third kappa shape index (κ3) is 6.20. The summed E-state index contributed by atoms with van der Waals surface area (Å²) in [7, 11) is 0. The molecule has 2 rings (SSSR count). The summed E-state index contributed by atoms with van der Waals surface area (Å²) in [5.41, 5.74) is -0.00646. The van der Waals surface area contributed by atoms with Crippen LogP contribution in [0.4, 0.5) is 0 Å². The van der Waals surface area contributed by atoms with Crippen molar-refractivity contribution in [1.82, 2.24) is 0 Å². The second-order valence-electron chi connectivity index (χ2n) is 8.44. The number of hydrogen-bond acceptors (Lipinski definition) is 3. The monoisotopic (exact) mass is 410 g/mol. The molecule has 158 valence electrons. The highest BCUT2D eigenvalue weighted by Crippen LogP contribution is 2.48. The number of allylic oxidation sites excluding steroid dienone is 3. The van der Waals surface area contributed by atoms with E-state index in [9.17, 15) is 15.0 Å². The predicted molar refractivity (Wildman–Crippen MR) is 113 cm³/mol. The Morgan fingerprint density at radius 3 is 2.64 bits per heavy atom. The van der Waals surface area contributed by atoms with Gasteiger partial charge in [0, 0.05) is 23.1 Å². The van der Waals surface area contributed by atoms with Crippen LogP contribution in [0.2, 0.25) is 0 Å². The number of halogens is 1. The van der Waals surface area contributed by atoms with Crippen molar-refractivity contribution in [3.05, 3.63) is 37.0 Å². The fourth-order valence-electron chi connectivity index (χ4n) is 4.61. The van der Waals surface area contributed by atoms with Gasteiger partial charge in [0.25, 0.3) is 0 Å². The maximum atomic E-state index is 10.6.